The normalized spacial score (nSPS) is 23.1. The van der Waals surface area contributed by atoms with E-state index in [4.69, 9.17) is 0 Å². The number of carbonyl (C=O) groups excluding carboxylic acids is 2. The molecule has 3 rings (SSSR count). The molecule has 1 aliphatic heterocycles. The SMILES string of the molecule is O=C1CC(Nc2cc(Br)ccc2F)C(=O)N1C1CCCC1. The Morgan fingerprint density at radius 3 is 2.67 bits per heavy atom. The molecule has 0 aromatic heterocycles. The van der Waals surface area contributed by atoms with E-state index in [0.717, 1.165) is 30.2 Å². The number of hydrogen-bond acceptors (Lipinski definition) is 3. The number of carbonyl (C=O) groups is 2. The number of halogens is 2. The van der Waals surface area contributed by atoms with Crippen molar-refractivity contribution < 1.29 is 14.0 Å². The summed E-state index contributed by atoms with van der Waals surface area (Å²) in [5.41, 5.74) is 0.240. The second-order valence-corrected chi connectivity index (χ2v) is 6.48. The molecular weight excluding hydrogens is 339 g/mol. The van der Waals surface area contributed by atoms with E-state index in [-0.39, 0.29) is 30.0 Å². The van der Waals surface area contributed by atoms with E-state index < -0.39 is 11.9 Å². The van der Waals surface area contributed by atoms with Gasteiger partial charge in [-0.3, -0.25) is 14.5 Å². The molecule has 112 valence electrons. The van der Waals surface area contributed by atoms with Gasteiger partial charge in [0.2, 0.25) is 5.91 Å². The molecule has 0 radical (unpaired) electrons. The Bertz CT molecular complexity index is 587. The molecule has 0 bridgehead atoms. The number of anilines is 1. The first-order valence-corrected chi connectivity index (χ1v) is 7.93. The van der Waals surface area contributed by atoms with Crippen LogP contribution in [0.3, 0.4) is 0 Å². The summed E-state index contributed by atoms with van der Waals surface area (Å²) in [6.07, 6.45) is 3.98. The van der Waals surface area contributed by atoms with Gasteiger partial charge in [0.1, 0.15) is 11.9 Å². The summed E-state index contributed by atoms with van der Waals surface area (Å²) in [5, 5.41) is 2.87. The molecule has 2 amide bonds. The Morgan fingerprint density at radius 2 is 1.95 bits per heavy atom. The lowest BCUT2D eigenvalue weighted by molar-refractivity contribution is -0.141. The van der Waals surface area contributed by atoms with Gasteiger partial charge in [0.05, 0.1) is 12.1 Å². The van der Waals surface area contributed by atoms with Crippen molar-refractivity contribution in [1.82, 2.24) is 4.90 Å². The van der Waals surface area contributed by atoms with E-state index in [0.29, 0.717) is 0 Å². The highest BCUT2D eigenvalue weighted by molar-refractivity contribution is 9.10. The molecular formula is C15H16BrFN2O2. The maximum Gasteiger partial charge on any atom is 0.252 e. The molecule has 1 saturated carbocycles. The van der Waals surface area contributed by atoms with Crippen LogP contribution in [0.5, 0.6) is 0 Å². The van der Waals surface area contributed by atoms with Crippen LogP contribution in [0.15, 0.2) is 22.7 Å². The molecule has 1 heterocycles. The molecule has 2 aliphatic rings. The highest BCUT2D eigenvalue weighted by atomic mass is 79.9. The van der Waals surface area contributed by atoms with E-state index in [1.807, 2.05) is 0 Å². The largest absolute Gasteiger partial charge is 0.371 e. The first-order chi connectivity index (χ1) is 10.1. The predicted octanol–water partition coefficient (Wildman–Crippen LogP) is 3.07. The number of rotatable bonds is 3. The molecule has 6 heteroatoms. The van der Waals surface area contributed by atoms with Gasteiger partial charge in [-0.2, -0.15) is 0 Å². The molecule has 4 nitrogen and oxygen atoms in total. The van der Waals surface area contributed by atoms with Crippen molar-refractivity contribution in [2.45, 2.75) is 44.2 Å². The minimum absolute atomic E-state index is 0.0316. The van der Waals surface area contributed by atoms with Crippen LogP contribution in [0.25, 0.3) is 0 Å². The Labute approximate surface area is 130 Å². The van der Waals surface area contributed by atoms with Gasteiger partial charge in [-0.25, -0.2) is 4.39 Å². The molecule has 1 aromatic carbocycles. The lowest BCUT2D eigenvalue weighted by atomic mass is 10.2. The Balaban J connectivity index is 1.76. The first-order valence-electron chi connectivity index (χ1n) is 7.14. The van der Waals surface area contributed by atoms with Gasteiger partial charge in [-0.05, 0) is 31.0 Å². The van der Waals surface area contributed by atoms with Crippen LogP contribution in [0.1, 0.15) is 32.1 Å². The topological polar surface area (TPSA) is 49.4 Å². The zero-order valence-corrected chi connectivity index (χ0v) is 13.0. The van der Waals surface area contributed by atoms with Crippen molar-refractivity contribution >= 4 is 33.4 Å². The third-order valence-corrected chi connectivity index (χ3v) is 4.62. The maximum absolute atomic E-state index is 13.8. The fraction of sp³-hybridized carbons (Fsp3) is 0.467. The summed E-state index contributed by atoms with van der Waals surface area (Å²) in [4.78, 5) is 25.9. The molecule has 1 unspecified atom stereocenters. The van der Waals surface area contributed by atoms with Crippen LogP contribution < -0.4 is 5.32 Å². The molecule has 1 saturated heterocycles. The highest BCUT2D eigenvalue weighted by Crippen LogP contribution is 2.30. The summed E-state index contributed by atoms with van der Waals surface area (Å²) in [6, 6.07) is 3.85. The lowest BCUT2D eigenvalue weighted by Gasteiger charge is -2.22. The molecule has 1 N–H and O–H groups in total. The van der Waals surface area contributed by atoms with Crippen LogP contribution >= 0.6 is 15.9 Å². The second kappa shape index (κ2) is 5.75. The van der Waals surface area contributed by atoms with Gasteiger partial charge in [0.25, 0.3) is 5.91 Å². The monoisotopic (exact) mass is 354 g/mol. The minimum Gasteiger partial charge on any atom is -0.371 e. The van der Waals surface area contributed by atoms with Gasteiger partial charge in [0, 0.05) is 10.5 Å². The van der Waals surface area contributed by atoms with Gasteiger partial charge in [0.15, 0.2) is 0 Å². The smallest absolute Gasteiger partial charge is 0.252 e. The predicted molar refractivity (Wildman–Crippen MR) is 80.2 cm³/mol. The summed E-state index contributed by atoms with van der Waals surface area (Å²) in [5.74, 6) is -0.816. The molecule has 1 aliphatic carbocycles. The number of benzene rings is 1. The number of nitrogens with zero attached hydrogens (tertiary/aromatic N) is 1. The van der Waals surface area contributed by atoms with Crippen LogP contribution in [-0.4, -0.2) is 28.8 Å². The standard InChI is InChI=1S/C15H16BrFN2O2/c16-9-5-6-11(17)12(7-9)18-13-8-14(20)19(15(13)21)10-3-1-2-4-10/h5-7,10,13,18H,1-4,8H2. The Hall–Kier alpha value is -1.43. The zero-order chi connectivity index (χ0) is 15.0. The van der Waals surface area contributed by atoms with E-state index in [9.17, 15) is 14.0 Å². The Kier molecular flexibility index (Phi) is 3.97. The minimum atomic E-state index is -0.665. The number of amides is 2. The fourth-order valence-electron chi connectivity index (χ4n) is 3.11. The summed E-state index contributed by atoms with van der Waals surface area (Å²) in [7, 11) is 0. The zero-order valence-electron chi connectivity index (χ0n) is 11.4. The maximum atomic E-state index is 13.8. The van der Waals surface area contributed by atoms with Crippen molar-refractivity contribution in [1.29, 1.82) is 0 Å². The molecule has 1 aromatic rings. The molecule has 2 fully saturated rings. The number of hydrogen-bond donors (Lipinski definition) is 1. The third-order valence-electron chi connectivity index (χ3n) is 4.13. The van der Waals surface area contributed by atoms with Crippen molar-refractivity contribution in [2.24, 2.45) is 0 Å². The van der Waals surface area contributed by atoms with Crippen molar-refractivity contribution in [2.75, 3.05) is 5.32 Å². The van der Waals surface area contributed by atoms with Crippen molar-refractivity contribution in [3.05, 3.63) is 28.5 Å². The summed E-state index contributed by atoms with van der Waals surface area (Å²) in [6.45, 7) is 0. The number of imide groups is 1. The van der Waals surface area contributed by atoms with E-state index in [2.05, 4.69) is 21.2 Å². The Morgan fingerprint density at radius 1 is 1.24 bits per heavy atom. The van der Waals surface area contributed by atoms with Gasteiger partial charge >= 0.3 is 0 Å². The van der Waals surface area contributed by atoms with Crippen LogP contribution in [0.2, 0.25) is 0 Å². The fourth-order valence-corrected chi connectivity index (χ4v) is 3.47. The average Bonchev–Trinajstić information content (AvgIpc) is 3.03. The van der Waals surface area contributed by atoms with E-state index >= 15 is 0 Å². The van der Waals surface area contributed by atoms with Crippen LogP contribution in [0, 0.1) is 5.82 Å². The molecule has 0 spiro atoms. The molecule has 21 heavy (non-hydrogen) atoms. The van der Waals surface area contributed by atoms with Crippen molar-refractivity contribution in [3.63, 3.8) is 0 Å². The summed E-state index contributed by atoms with van der Waals surface area (Å²) < 4.78 is 14.5. The number of likely N-dealkylation sites (tertiary alicyclic amines) is 1. The molecule has 1 atom stereocenters. The highest BCUT2D eigenvalue weighted by Gasteiger charge is 2.43. The van der Waals surface area contributed by atoms with Gasteiger partial charge in [-0.1, -0.05) is 28.8 Å². The quantitative estimate of drug-likeness (QED) is 0.848. The average molecular weight is 355 g/mol. The second-order valence-electron chi connectivity index (χ2n) is 5.57. The van der Waals surface area contributed by atoms with Crippen molar-refractivity contribution in [3.8, 4) is 0 Å². The number of nitrogens with one attached hydrogen (secondary N) is 1. The van der Waals surface area contributed by atoms with E-state index in [1.165, 1.54) is 11.0 Å². The van der Waals surface area contributed by atoms with Crippen LogP contribution in [-0.2, 0) is 9.59 Å². The third kappa shape index (κ3) is 2.81. The van der Waals surface area contributed by atoms with E-state index in [1.54, 1.807) is 12.1 Å². The van der Waals surface area contributed by atoms with Gasteiger partial charge < -0.3 is 5.32 Å². The summed E-state index contributed by atoms with van der Waals surface area (Å²) >= 11 is 3.27. The van der Waals surface area contributed by atoms with Crippen LogP contribution in [0.4, 0.5) is 10.1 Å². The lowest BCUT2D eigenvalue weighted by Crippen LogP contribution is -2.41. The van der Waals surface area contributed by atoms with Gasteiger partial charge in [-0.15, -0.1) is 0 Å². The first kappa shape index (κ1) is 14.5.